The molecule has 1 aliphatic heterocycles. The van der Waals surface area contributed by atoms with Gasteiger partial charge in [0.05, 0.1) is 0 Å². The number of aromatic nitrogens is 1. The molecule has 5 nitrogen and oxygen atoms in total. The molecule has 20 heavy (non-hydrogen) atoms. The third kappa shape index (κ3) is 2.77. The van der Waals surface area contributed by atoms with Gasteiger partial charge in [0.15, 0.2) is 0 Å². The van der Waals surface area contributed by atoms with Gasteiger partial charge >= 0.3 is 0 Å². The summed E-state index contributed by atoms with van der Waals surface area (Å²) in [6, 6.07) is 2.23. The Balaban J connectivity index is 1.81. The zero-order valence-electron chi connectivity index (χ0n) is 11.7. The highest BCUT2D eigenvalue weighted by atomic mass is 16.5. The number of hydrogen-bond donors (Lipinski definition) is 2. The molecule has 0 bridgehead atoms. The number of rotatable bonds is 4. The lowest BCUT2D eigenvalue weighted by Gasteiger charge is -2.19. The highest BCUT2D eigenvalue weighted by Gasteiger charge is 2.21. The quantitative estimate of drug-likeness (QED) is 0.865. The van der Waals surface area contributed by atoms with Gasteiger partial charge in [-0.25, -0.2) is 4.98 Å². The summed E-state index contributed by atoms with van der Waals surface area (Å²) in [5, 5.41) is 3.37. The normalized spacial score (nSPS) is 21.5. The molecule has 2 aliphatic rings. The smallest absolute Gasteiger partial charge is 0.254 e. The van der Waals surface area contributed by atoms with Gasteiger partial charge in [0.25, 0.3) is 5.91 Å². The fraction of sp³-hybridized carbons (Fsp3) is 0.600. The van der Waals surface area contributed by atoms with Crippen molar-refractivity contribution in [2.45, 2.75) is 44.6 Å². The van der Waals surface area contributed by atoms with E-state index in [1.807, 2.05) is 6.07 Å². The van der Waals surface area contributed by atoms with E-state index in [2.05, 4.69) is 10.3 Å². The monoisotopic (exact) mass is 275 g/mol. The molecular formula is C15H21N3O2. The summed E-state index contributed by atoms with van der Waals surface area (Å²) < 4.78 is 5.77. The Labute approximate surface area is 118 Å². The van der Waals surface area contributed by atoms with Crippen LogP contribution in [0.15, 0.2) is 6.07 Å². The van der Waals surface area contributed by atoms with Crippen molar-refractivity contribution in [3.8, 4) is 5.88 Å². The molecule has 3 N–H and O–H groups in total. The Morgan fingerprint density at radius 2 is 2.25 bits per heavy atom. The van der Waals surface area contributed by atoms with Crippen molar-refractivity contribution in [2.75, 3.05) is 13.2 Å². The van der Waals surface area contributed by atoms with Crippen LogP contribution >= 0.6 is 0 Å². The number of nitrogens with zero attached hydrogens (tertiary/aromatic N) is 1. The second-order valence-corrected chi connectivity index (χ2v) is 5.62. The molecule has 1 amide bonds. The molecule has 0 saturated carbocycles. The maximum Gasteiger partial charge on any atom is 0.254 e. The standard InChI is InChI=1S/C15H21N3O2/c16-14(19)12-8-10-4-1-2-6-13(10)18-15(12)20-9-11-5-3-7-17-11/h8,11,17H,1-7,9H2,(H2,16,19). The van der Waals surface area contributed by atoms with Gasteiger partial charge in [0.2, 0.25) is 5.88 Å². The average Bonchev–Trinajstić information content (AvgIpc) is 2.97. The summed E-state index contributed by atoms with van der Waals surface area (Å²) in [7, 11) is 0. The van der Waals surface area contributed by atoms with Crippen molar-refractivity contribution in [3.63, 3.8) is 0 Å². The Morgan fingerprint density at radius 1 is 1.40 bits per heavy atom. The molecule has 1 aliphatic carbocycles. The van der Waals surface area contributed by atoms with Crippen molar-refractivity contribution >= 4 is 5.91 Å². The third-order valence-corrected chi connectivity index (χ3v) is 4.11. The minimum Gasteiger partial charge on any atom is -0.475 e. The molecular weight excluding hydrogens is 254 g/mol. The maximum atomic E-state index is 11.6. The Morgan fingerprint density at radius 3 is 3.00 bits per heavy atom. The number of nitrogens with two attached hydrogens (primary N) is 1. The van der Waals surface area contributed by atoms with E-state index in [9.17, 15) is 4.79 Å². The van der Waals surface area contributed by atoms with E-state index in [0.717, 1.165) is 49.9 Å². The van der Waals surface area contributed by atoms with Gasteiger partial charge in [-0.05, 0) is 56.7 Å². The fourth-order valence-corrected chi connectivity index (χ4v) is 2.98. The van der Waals surface area contributed by atoms with Crippen LogP contribution in [0.3, 0.4) is 0 Å². The molecule has 2 heterocycles. The number of carbonyl (C=O) groups excluding carboxylic acids is 1. The van der Waals surface area contributed by atoms with Gasteiger partial charge in [0.1, 0.15) is 12.2 Å². The number of nitrogens with one attached hydrogen (secondary N) is 1. The van der Waals surface area contributed by atoms with Crippen LogP contribution < -0.4 is 15.8 Å². The molecule has 5 heteroatoms. The molecule has 108 valence electrons. The van der Waals surface area contributed by atoms with Crippen LogP contribution in [-0.4, -0.2) is 30.1 Å². The van der Waals surface area contributed by atoms with Crippen LogP contribution in [0.5, 0.6) is 5.88 Å². The number of pyridine rings is 1. The first kappa shape index (κ1) is 13.4. The summed E-state index contributed by atoms with van der Waals surface area (Å²) in [6.07, 6.45) is 6.53. The zero-order chi connectivity index (χ0) is 13.9. The molecule has 1 aromatic heterocycles. The second kappa shape index (κ2) is 5.79. The lowest BCUT2D eigenvalue weighted by Crippen LogP contribution is -2.29. The molecule has 0 aromatic carbocycles. The summed E-state index contributed by atoms with van der Waals surface area (Å²) >= 11 is 0. The minimum atomic E-state index is -0.458. The molecule has 1 aromatic rings. The van der Waals surface area contributed by atoms with Gasteiger partial charge in [-0.1, -0.05) is 0 Å². The van der Waals surface area contributed by atoms with Crippen LogP contribution in [0.2, 0.25) is 0 Å². The van der Waals surface area contributed by atoms with Crippen molar-refractivity contribution in [3.05, 3.63) is 22.9 Å². The zero-order valence-corrected chi connectivity index (χ0v) is 11.7. The van der Waals surface area contributed by atoms with Crippen LogP contribution in [0.25, 0.3) is 0 Å². The molecule has 0 spiro atoms. The van der Waals surface area contributed by atoms with Gasteiger partial charge in [0, 0.05) is 11.7 Å². The number of aryl methyl sites for hydroxylation is 2. The van der Waals surface area contributed by atoms with E-state index in [-0.39, 0.29) is 0 Å². The summed E-state index contributed by atoms with van der Waals surface area (Å²) in [5.74, 6) is -0.0490. The number of ether oxygens (including phenoxy) is 1. The lowest BCUT2D eigenvalue weighted by atomic mass is 9.95. The van der Waals surface area contributed by atoms with Crippen LogP contribution in [0.1, 0.15) is 47.3 Å². The summed E-state index contributed by atoms with van der Waals surface area (Å²) in [6.45, 7) is 1.58. The number of amides is 1. The fourth-order valence-electron chi connectivity index (χ4n) is 2.98. The van der Waals surface area contributed by atoms with Crippen LogP contribution in [-0.2, 0) is 12.8 Å². The minimum absolute atomic E-state index is 0.355. The van der Waals surface area contributed by atoms with E-state index < -0.39 is 5.91 Å². The third-order valence-electron chi connectivity index (χ3n) is 4.11. The maximum absolute atomic E-state index is 11.6. The molecule has 1 unspecified atom stereocenters. The highest BCUT2D eigenvalue weighted by Crippen LogP contribution is 2.26. The highest BCUT2D eigenvalue weighted by molar-refractivity contribution is 5.95. The number of primary amides is 1. The average molecular weight is 275 g/mol. The SMILES string of the molecule is NC(=O)c1cc2c(nc1OCC1CCCN1)CCCC2. The Bertz CT molecular complexity index is 510. The first-order valence-electron chi connectivity index (χ1n) is 7.43. The molecule has 1 saturated heterocycles. The topological polar surface area (TPSA) is 77.2 Å². The molecule has 1 atom stereocenters. The predicted molar refractivity (Wildman–Crippen MR) is 75.9 cm³/mol. The Hall–Kier alpha value is -1.62. The van der Waals surface area contributed by atoms with E-state index in [1.165, 1.54) is 6.42 Å². The number of carbonyl (C=O) groups is 1. The van der Waals surface area contributed by atoms with Gasteiger partial charge in [-0.3, -0.25) is 4.79 Å². The van der Waals surface area contributed by atoms with Crippen LogP contribution in [0, 0.1) is 0 Å². The second-order valence-electron chi connectivity index (χ2n) is 5.62. The van der Waals surface area contributed by atoms with Crippen LogP contribution in [0.4, 0.5) is 0 Å². The largest absolute Gasteiger partial charge is 0.475 e. The van der Waals surface area contributed by atoms with Crippen molar-refractivity contribution < 1.29 is 9.53 Å². The lowest BCUT2D eigenvalue weighted by molar-refractivity contribution is 0.0994. The molecule has 1 fully saturated rings. The van der Waals surface area contributed by atoms with Crippen molar-refractivity contribution in [1.82, 2.24) is 10.3 Å². The Kier molecular flexibility index (Phi) is 3.87. The summed E-state index contributed by atoms with van der Waals surface area (Å²) in [5.41, 5.74) is 8.09. The van der Waals surface area contributed by atoms with Crippen molar-refractivity contribution in [2.24, 2.45) is 5.73 Å². The number of fused-ring (bicyclic) bond motifs is 1. The number of hydrogen-bond acceptors (Lipinski definition) is 4. The first-order chi connectivity index (χ1) is 9.74. The predicted octanol–water partition coefficient (Wildman–Crippen LogP) is 1.19. The van der Waals surface area contributed by atoms with E-state index in [0.29, 0.717) is 24.1 Å². The molecule has 0 radical (unpaired) electrons. The first-order valence-corrected chi connectivity index (χ1v) is 7.43. The van der Waals surface area contributed by atoms with Gasteiger partial charge in [-0.2, -0.15) is 0 Å². The van der Waals surface area contributed by atoms with Crippen molar-refractivity contribution in [1.29, 1.82) is 0 Å². The molecule has 3 rings (SSSR count). The van der Waals surface area contributed by atoms with Gasteiger partial charge < -0.3 is 15.8 Å². The summed E-state index contributed by atoms with van der Waals surface area (Å²) in [4.78, 5) is 16.1. The van der Waals surface area contributed by atoms with Gasteiger partial charge in [-0.15, -0.1) is 0 Å². The van der Waals surface area contributed by atoms with E-state index >= 15 is 0 Å². The van der Waals surface area contributed by atoms with E-state index in [4.69, 9.17) is 10.5 Å². The van der Waals surface area contributed by atoms with E-state index in [1.54, 1.807) is 0 Å².